The molecule has 1 aromatic rings. The Bertz CT molecular complexity index is 604. The summed E-state index contributed by atoms with van der Waals surface area (Å²) in [6.45, 7) is 8.97. The lowest BCUT2D eigenvalue weighted by atomic mass is 10.1. The van der Waals surface area contributed by atoms with Crippen LogP contribution in [0.3, 0.4) is 0 Å². The molecule has 24 heavy (non-hydrogen) atoms. The van der Waals surface area contributed by atoms with Crippen LogP contribution in [0.25, 0.3) is 0 Å². The van der Waals surface area contributed by atoms with Gasteiger partial charge in [-0.3, -0.25) is 9.80 Å². The summed E-state index contributed by atoms with van der Waals surface area (Å²) in [4.78, 5) is 4.87. The van der Waals surface area contributed by atoms with E-state index in [-0.39, 0.29) is 0 Å². The van der Waals surface area contributed by atoms with E-state index in [1.54, 1.807) is 0 Å². The summed E-state index contributed by atoms with van der Waals surface area (Å²) in [6, 6.07) is 8.56. The van der Waals surface area contributed by atoms with E-state index in [1.807, 2.05) is 24.3 Å². The van der Waals surface area contributed by atoms with Gasteiger partial charge in [0, 0.05) is 25.2 Å². The zero-order valence-electron chi connectivity index (χ0n) is 14.4. The third kappa shape index (κ3) is 4.45. The third-order valence-electron chi connectivity index (χ3n) is 4.50. The van der Waals surface area contributed by atoms with Gasteiger partial charge in [0.2, 0.25) is 0 Å². The van der Waals surface area contributed by atoms with Gasteiger partial charge >= 0.3 is 0 Å². The molecule has 5 aliphatic rings. The van der Waals surface area contributed by atoms with Gasteiger partial charge in [0.25, 0.3) is 0 Å². The van der Waals surface area contributed by atoms with Crippen molar-refractivity contribution >= 4 is 0 Å². The van der Waals surface area contributed by atoms with E-state index in [0.717, 1.165) is 37.7 Å². The standard InChI is InChI=1S/C20H24N2O2/c1-17-15-22-12-4-6-14-24-20-9-7-19(8-10-20)23-13-5-3-11-21(17)16-18(22)2/h7-10,17-18H,11-16H2,1-2H3. The van der Waals surface area contributed by atoms with Crippen molar-refractivity contribution in [2.24, 2.45) is 0 Å². The molecule has 0 N–H and O–H groups in total. The second-order valence-electron chi connectivity index (χ2n) is 6.31. The SMILES string of the molecule is CC1CN2CC#CCOc3ccc(cc3)OCC#CCN1CC2C. The van der Waals surface area contributed by atoms with E-state index in [4.69, 9.17) is 9.47 Å². The lowest BCUT2D eigenvalue weighted by molar-refractivity contribution is 0.0614. The molecule has 5 aliphatic heterocycles. The second kappa shape index (κ2) is 8.11. The highest BCUT2D eigenvalue weighted by Crippen LogP contribution is 2.17. The van der Waals surface area contributed by atoms with Crippen LogP contribution in [0.4, 0.5) is 0 Å². The molecule has 4 atom stereocenters. The normalized spacial score (nSPS) is 29.8. The van der Waals surface area contributed by atoms with Crippen LogP contribution in [0.15, 0.2) is 24.3 Å². The summed E-state index contributed by atoms with van der Waals surface area (Å²) in [6.07, 6.45) is 0. The van der Waals surface area contributed by atoms with Gasteiger partial charge in [-0.2, -0.15) is 0 Å². The molecule has 0 saturated carbocycles. The predicted molar refractivity (Wildman–Crippen MR) is 95.1 cm³/mol. The van der Waals surface area contributed by atoms with Crippen molar-refractivity contribution in [2.75, 3.05) is 39.4 Å². The van der Waals surface area contributed by atoms with E-state index < -0.39 is 0 Å². The zero-order chi connectivity index (χ0) is 16.8. The molecular formula is C20H24N2O2. The molecule has 0 amide bonds. The van der Waals surface area contributed by atoms with Crippen molar-refractivity contribution < 1.29 is 9.47 Å². The van der Waals surface area contributed by atoms with Crippen LogP contribution in [0, 0.1) is 23.7 Å². The number of hydrogen-bond acceptors (Lipinski definition) is 4. The van der Waals surface area contributed by atoms with E-state index in [0.29, 0.717) is 25.3 Å². The Kier molecular flexibility index (Phi) is 5.64. The molecule has 0 spiro atoms. The lowest BCUT2D eigenvalue weighted by Crippen LogP contribution is -2.56. The maximum Gasteiger partial charge on any atom is 0.149 e. The van der Waals surface area contributed by atoms with Gasteiger partial charge in [-0.25, -0.2) is 0 Å². The summed E-state index contributed by atoms with van der Waals surface area (Å²) >= 11 is 0. The average Bonchev–Trinajstić information content (AvgIpc) is 2.58. The summed E-state index contributed by atoms with van der Waals surface area (Å²) < 4.78 is 11.3. The molecule has 0 radical (unpaired) electrons. The fourth-order valence-electron chi connectivity index (χ4n) is 3.00. The predicted octanol–water partition coefficient (Wildman–Crippen LogP) is 1.86. The van der Waals surface area contributed by atoms with Crippen LogP contribution in [0.2, 0.25) is 0 Å². The smallest absolute Gasteiger partial charge is 0.149 e. The molecule has 0 aliphatic carbocycles. The Labute approximate surface area is 144 Å². The highest BCUT2D eigenvalue weighted by Gasteiger charge is 2.27. The Morgan fingerprint density at radius 1 is 0.750 bits per heavy atom. The van der Waals surface area contributed by atoms with Crippen LogP contribution in [0.5, 0.6) is 11.5 Å². The Morgan fingerprint density at radius 2 is 1.17 bits per heavy atom. The number of benzene rings is 1. The molecule has 1 fully saturated rings. The minimum absolute atomic E-state index is 0.412. The lowest BCUT2D eigenvalue weighted by Gasteiger charge is -2.42. The van der Waals surface area contributed by atoms with Gasteiger partial charge in [0.1, 0.15) is 24.7 Å². The Morgan fingerprint density at radius 3 is 1.58 bits per heavy atom. The van der Waals surface area contributed by atoms with Gasteiger partial charge in [-0.15, -0.1) is 0 Å². The maximum absolute atomic E-state index is 5.65. The van der Waals surface area contributed by atoms with Gasteiger partial charge in [0.15, 0.2) is 0 Å². The second-order valence-corrected chi connectivity index (χ2v) is 6.31. The van der Waals surface area contributed by atoms with Crippen molar-refractivity contribution in [1.29, 1.82) is 0 Å². The van der Waals surface area contributed by atoms with E-state index in [1.165, 1.54) is 0 Å². The van der Waals surface area contributed by atoms with Gasteiger partial charge in [-0.05, 0) is 38.1 Å². The molecular weight excluding hydrogens is 300 g/mol. The van der Waals surface area contributed by atoms with E-state index in [9.17, 15) is 0 Å². The fourth-order valence-corrected chi connectivity index (χ4v) is 3.00. The van der Waals surface area contributed by atoms with Crippen molar-refractivity contribution in [2.45, 2.75) is 25.9 Å². The molecule has 4 heteroatoms. The summed E-state index contributed by atoms with van der Waals surface area (Å²) in [5.41, 5.74) is 0. The Balaban J connectivity index is 1.72. The van der Waals surface area contributed by atoms with Crippen LogP contribution in [-0.2, 0) is 0 Å². The van der Waals surface area contributed by atoms with Gasteiger partial charge in [0.05, 0.1) is 13.1 Å². The molecule has 5 heterocycles. The highest BCUT2D eigenvalue weighted by atomic mass is 16.5. The number of hydrogen-bond donors (Lipinski definition) is 0. The zero-order valence-corrected chi connectivity index (χ0v) is 14.4. The van der Waals surface area contributed by atoms with Crippen molar-refractivity contribution in [3.8, 4) is 35.2 Å². The van der Waals surface area contributed by atoms with Gasteiger partial charge < -0.3 is 9.47 Å². The van der Waals surface area contributed by atoms with Crippen LogP contribution >= 0.6 is 0 Å². The summed E-state index contributed by atoms with van der Waals surface area (Å²) in [5.74, 6) is 14.3. The van der Waals surface area contributed by atoms with E-state index in [2.05, 4.69) is 47.3 Å². The molecule has 4 nitrogen and oxygen atoms in total. The third-order valence-corrected chi connectivity index (χ3v) is 4.50. The first-order valence-corrected chi connectivity index (χ1v) is 8.47. The monoisotopic (exact) mass is 324 g/mol. The fraction of sp³-hybridized carbons (Fsp3) is 0.500. The largest absolute Gasteiger partial charge is 0.481 e. The molecule has 4 bridgehead atoms. The Hall–Kier alpha value is -2.14. The first-order valence-electron chi connectivity index (χ1n) is 8.47. The highest BCUT2D eigenvalue weighted by molar-refractivity contribution is 5.31. The number of rotatable bonds is 0. The minimum atomic E-state index is 0.412. The first-order chi connectivity index (χ1) is 11.7. The quantitative estimate of drug-likeness (QED) is 0.680. The van der Waals surface area contributed by atoms with Crippen molar-refractivity contribution in [3.63, 3.8) is 0 Å². The van der Waals surface area contributed by atoms with E-state index >= 15 is 0 Å². The molecule has 0 aromatic heterocycles. The molecule has 6 rings (SSSR count). The molecule has 4 unspecified atom stereocenters. The number of nitrogens with zero attached hydrogens (tertiary/aromatic N) is 2. The first kappa shape index (κ1) is 16.7. The van der Waals surface area contributed by atoms with Gasteiger partial charge in [-0.1, -0.05) is 23.7 Å². The van der Waals surface area contributed by atoms with Crippen LogP contribution in [-0.4, -0.2) is 61.3 Å². The molecule has 1 saturated heterocycles. The molecule has 1 aromatic carbocycles. The van der Waals surface area contributed by atoms with Crippen LogP contribution in [0.1, 0.15) is 13.8 Å². The van der Waals surface area contributed by atoms with Crippen molar-refractivity contribution in [3.05, 3.63) is 24.3 Å². The minimum Gasteiger partial charge on any atom is -0.481 e. The summed E-state index contributed by atoms with van der Waals surface area (Å²) in [7, 11) is 0. The summed E-state index contributed by atoms with van der Waals surface area (Å²) in [5, 5.41) is 0. The number of ether oxygens (including phenoxy) is 2. The van der Waals surface area contributed by atoms with Crippen LogP contribution < -0.4 is 9.47 Å². The molecule has 126 valence electrons. The number of piperazine rings is 1. The van der Waals surface area contributed by atoms with Crippen molar-refractivity contribution in [1.82, 2.24) is 9.80 Å². The topological polar surface area (TPSA) is 24.9 Å². The average molecular weight is 324 g/mol. The maximum atomic E-state index is 5.65.